The lowest BCUT2D eigenvalue weighted by atomic mass is 10.2. The number of carbonyl (C=O) groups is 1. The second-order valence-corrected chi connectivity index (χ2v) is 4.74. The van der Waals surface area contributed by atoms with E-state index < -0.39 is 11.6 Å². The molecule has 1 atom stereocenters. The number of amides is 1. The van der Waals surface area contributed by atoms with E-state index in [9.17, 15) is 13.6 Å². The van der Waals surface area contributed by atoms with E-state index in [1.807, 2.05) is 0 Å². The molecule has 0 aliphatic carbocycles. The first-order valence-corrected chi connectivity index (χ1v) is 6.06. The van der Waals surface area contributed by atoms with Crippen molar-refractivity contribution in [2.24, 2.45) is 0 Å². The minimum atomic E-state index is -0.789. The maximum absolute atomic E-state index is 13.5. The van der Waals surface area contributed by atoms with Gasteiger partial charge in [0.15, 0.2) is 5.82 Å². The van der Waals surface area contributed by atoms with Crippen LogP contribution in [0.1, 0.15) is 12.8 Å². The molecule has 0 saturated carbocycles. The molecular formula is C11H11BrF2N2O. The van der Waals surface area contributed by atoms with Crippen LogP contribution in [0.5, 0.6) is 0 Å². The monoisotopic (exact) mass is 304 g/mol. The Morgan fingerprint density at radius 2 is 2.24 bits per heavy atom. The number of nitrogens with one attached hydrogen (secondary N) is 2. The molecule has 1 amide bonds. The summed E-state index contributed by atoms with van der Waals surface area (Å²) in [5.74, 6) is -1.77. The highest BCUT2D eigenvalue weighted by Gasteiger charge is 2.23. The summed E-state index contributed by atoms with van der Waals surface area (Å²) in [7, 11) is 0. The van der Waals surface area contributed by atoms with Gasteiger partial charge in [0, 0.05) is 10.5 Å². The second kappa shape index (κ2) is 5.10. The first-order valence-electron chi connectivity index (χ1n) is 5.26. The largest absolute Gasteiger partial charge is 0.321 e. The summed E-state index contributed by atoms with van der Waals surface area (Å²) in [5, 5.41) is 5.46. The van der Waals surface area contributed by atoms with Crippen molar-refractivity contribution in [2.75, 3.05) is 11.9 Å². The maximum atomic E-state index is 13.5. The molecule has 3 nitrogen and oxygen atoms in total. The topological polar surface area (TPSA) is 41.1 Å². The van der Waals surface area contributed by atoms with E-state index in [0.29, 0.717) is 0 Å². The van der Waals surface area contributed by atoms with Crippen LogP contribution in [-0.2, 0) is 4.79 Å². The van der Waals surface area contributed by atoms with Gasteiger partial charge in [-0.3, -0.25) is 4.79 Å². The SMILES string of the molecule is O=C(Nc1c(F)cc(F)cc1Br)[C@H]1CCCN1. The van der Waals surface area contributed by atoms with Crippen molar-refractivity contribution in [1.29, 1.82) is 0 Å². The molecular weight excluding hydrogens is 294 g/mol. The molecule has 2 N–H and O–H groups in total. The van der Waals surface area contributed by atoms with Crippen molar-refractivity contribution in [3.05, 3.63) is 28.2 Å². The first-order chi connectivity index (χ1) is 8.08. The fourth-order valence-corrected chi connectivity index (χ4v) is 2.29. The summed E-state index contributed by atoms with van der Waals surface area (Å²) in [6.07, 6.45) is 1.65. The van der Waals surface area contributed by atoms with Gasteiger partial charge in [0.05, 0.1) is 11.7 Å². The third-order valence-electron chi connectivity index (χ3n) is 2.63. The zero-order chi connectivity index (χ0) is 12.4. The predicted molar refractivity (Wildman–Crippen MR) is 63.7 cm³/mol. The zero-order valence-electron chi connectivity index (χ0n) is 8.90. The lowest BCUT2D eigenvalue weighted by Crippen LogP contribution is -2.35. The van der Waals surface area contributed by atoms with Crippen molar-refractivity contribution in [3.8, 4) is 0 Å². The first kappa shape index (κ1) is 12.4. The Bertz CT molecular complexity index is 424. The van der Waals surface area contributed by atoms with Crippen molar-refractivity contribution in [1.82, 2.24) is 5.32 Å². The van der Waals surface area contributed by atoms with Gasteiger partial charge in [0.2, 0.25) is 5.91 Å². The van der Waals surface area contributed by atoms with Gasteiger partial charge in [0.25, 0.3) is 0 Å². The Labute approximate surface area is 106 Å². The molecule has 1 aromatic rings. The molecule has 2 rings (SSSR count). The molecule has 1 aliphatic heterocycles. The van der Waals surface area contributed by atoms with Gasteiger partial charge in [-0.15, -0.1) is 0 Å². The van der Waals surface area contributed by atoms with Crippen LogP contribution >= 0.6 is 15.9 Å². The molecule has 0 radical (unpaired) electrons. The van der Waals surface area contributed by atoms with E-state index in [-0.39, 0.29) is 22.1 Å². The minimum Gasteiger partial charge on any atom is -0.321 e. The third kappa shape index (κ3) is 2.81. The van der Waals surface area contributed by atoms with Crippen LogP contribution in [-0.4, -0.2) is 18.5 Å². The maximum Gasteiger partial charge on any atom is 0.241 e. The molecule has 0 spiro atoms. The van der Waals surface area contributed by atoms with Crippen LogP contribution in [0.25, 0.3) is 0 Å². The molecule has 92 valence electrons. The Morgan fingerprint density at radius 3 is 2.82 bits per heavy atom. The van der Waals surface area contributed by atoms with E-state index in [2.05, 4.69) is 26.6 Å². The standard InChI is InChI=1S/C11H11BrF2N2O/c12-7-4-6(13)5-8(14)10(7)16-11(17)9-2-1-3-15-9/h4-5,9,15H,1-3H2,(H,16,17)/t9-/m1/s1. The number of hydrogen-bond donors (Lipinski definition) is 2. The van der Waals surface area contributed by atoms with Crippen LogP contribution in [0, 0.1) is 11.6 Å². The van der Waals surface area contributed by atoms with Gasteiger partial charge in [-0.25, -0.2) is 8.78 Å². The average molecular weight is 305 g/mol. The van der Waals surface area contributed by atoms with Gasteiger partial charge in [-0.1, -0.05) is 0 Å². The van der Waals surface area contributed by atoms with Gasteiger partial charge in [-0.05, 0) is 41.4 Å². The number of anilines is 1. The highest BCUT2D eigenvalue weighted by molar-refractivity contribution is 9.10. The van der Waals surface area contributed by atoms with E-state index >= 15 is 0 Å². The van der Waals surface area contributed by atoms with Gasteiger partial charge in [-0.2, -0.15) is 0 Å². The average Bonchev–Trinajstić information content (AvgIpc) is 2.76. The molecule has 0 aromatic heterocycles. The fraction of sp³-hybridized carbons (Fsp3) is 0.364. The molecule has 6 heteroatoms. The molecule has 0 bridgehead atoms. The fourth-order valence-electron chi connectivity index (χ4n) is 1.78. The van der Waals surface area contributed by atoms with Gasteiger partial charge < -0.3 is 10.6 Å². The Morgan fingerprint density at radius 1 is 1.47 bits per heavy atom. The van der Waals surface area contributed by atoms with Gasteiger partial charge in [0.1, 0.15) is 5.82 Å². The van der Waals surface area contributed by atoms with E-state index in [1.54, 1.807) is 0 Å². The van der Waals surface area contributed by atoms with Crippen molar-refractivity contribution in [2.45, 2.75) is 18.9 Å². The predicted octanol–water partition coefficient (Wildman–Crippen LogP) is 2.42. The van der Waals surface area contributed by atoms with Crippen LogP contribution in [0.3, 0.4) is 0 Å². The minimum absolute atomic E-state index is 0.0231. The highest BCUT2D eigenvalue weighted by Crippen LogP contribution is 2.27. The smallest absolute Gasteiger partial charge is 0.241 e. The Balaban J connectivity index is 2.15. The Hall–Kier alpha value is -1.01. The molecule has 1 aliphatic rings. The lowest BCUT2D eigenvalue weighted by molar-refractivity contribution is -0.117. The normalized spacial score (nSPS) is 19.4. The van der Waals surface area contributed by atoms with Crippen LogP contribution in [0.4, 0.5) is 14.5 Å². The summed E-state index contributed by atoms with van der Waals surface area (Å²) >= 11 is 3.02. The summed E-state index contributed by atoms with van der Waals surface area (Å²) in [6, 6.07) is 1.55. The Kier molecular flexibility index (Phi) is 3.73. The van der Waals surface area contributed by atoms with Crippen molar-refractivity contribution in [3.63, 3.8) is 0 Å². The number of rotatable bonds is 2. The molecule has 1 saturated heterocycles. The van der Waals surface area contributed by atoms with Crippen molar-refractivity contribution < 1.29 is 13.6 Å². The number of benzene rings is 1. The summed E-state index contributed by atoms with van der Waals surface area (Å²) in [6.45, 7) is 0.783. The van der Waals surface area contributed by atoms with Crippen molar-refractivity contribution >= 4 is 27.5 Å². The van der Waals surface area contributed by atoms with Crippen LogP contribution in [0.2, 0.25) is 0 Å². The molecule has 1 aromatic carbocycles. The second-order valence-electron chi connectivity index (χ2n) is 3.88. The molecule has 0 unspecified atom stereocenters. The summed E-state index contributed by atoms with van der Waals surface area (Å²) in [5.41, 5.74) is -0.0231. The van der Waals surface area contributed by atoms with E-state index in [0.717, 1.165) is 31.5 Å². The summed E-state index contributed by atoms with van der Waals surface area (Å²) < 4.78 is 26.5. The quantitative estimate of drug-likeness (QED) is 0.881. The molecule has 1 heterocycles. The van der Waals surface area contributed by atoms with Crippen LogP contribution < -0.4 is 10.6 Å². The number of halogens is 3. The molecule has 17 heavy (non-hydrogen) atoms. The molecule has 1 fully saturated rings. The van der Waals surface area contributed by atoms with Crippen LogP contribution in [0.15, 0.2) is 16.6 Å². The number of carbonyl (C=O) groups excluding carboxylic acids is 1. The summed E-state index contributed by atoms with van der Waals surface area (Å²) in [4.78, 5) is 11.7. The number of hydrogen-bond acceptors (Lipinski definition) is 2. The van der Waals surface area contributed by atoms with E-state index in [4.69, 9.17) is 0 Å². The third-order valence-corrected chi connectivity index (χ3v) is 3.26. The lowest BCUT2D eigenvalue weighted by Gasteiger charge is -2.13. The van der Waals surface area contributed by atoms with Gasteiger partial charge >= 0.3 is 0 Å². The zero-order valence-corrected chi connectivity index (χ0v) is 10.5. The highest BCUT2D eigenvalue weighted by atomic mass is 79.9. The van der Waals surface area contributed by atoms with E-state index in [1.165, 1.54) is 0 Å².